The first kappa shape index (κ1) is 13.1. The molecule has 1 aliphatic rings. The Morgan fingerprint density at radius 2 is 2.25 bits per heavy atom. The van der Waals surface area contributed by atoms with E-state index in [1.54, 1.807) is 0 Å². The number of anilines is 1. The third-order valence-corrected chi connectivity index (χ3v) is 4.30. The lowest BCUT2D eigenvalue weighted by atomic mass is 9.83. The highest BCUT2D eigenvalue weighted by molar-refractivity contribution is 5.48. The first-order valence-electron chi connectivity index (χ1n) is 7.47. The van der Waals surface area contributed by atoms with Crippen molar-refractivity contribution in [3.8, 4) is 0 Å². The van der Waals surface area contributed by atoms with Crippen molar-refractivity contribution < 1.29 is 0 Å². The fraction of sp³-hybridized carbons (Fsp3) is 0.643. The van der Waals surface area contributed by atoms with E-state index in [4.69, 9.17) is 0 Å². The van der Waals surface area contributed by atoms with Crippen LogP contribution in [0.5, 0.6) is 0 Å². The van der Waals surface area contributed by atoms with E-state index in [0.717, 1.165) is 18.2 Å². The van der Waals surface area contributed by atoms with Crippen LogP contribution < -0.4 is 11.0 Å². The first-order chi connectivity index (χ1) is 9.78. The minimum Gasteiger partial charge on any atom is -0.367 e. The van der Waals surface area contributed by atoms with Gasteiger partial charge in [-0.05, 0) is 25.2 Å². The Bertz CT molecular complexity index is 626. The maximum absolute atomic E-state index is 11.4. The van der Waals surface area contributed by atoms with Gasteiger partial charge in [-0.3, -0.25) is 0 Å². The predicted molar refractivity (Wildman–Crippen MR) is 77.9 cm³/mol. The van der Waals surface area contributed by atoms with Gasteiger partial charge in [-0.15, -0.1) is 0 Å². The summed E-state index contributed by atoms with van der Waals surface area (Å²) in [6.45, 7) is 2.21. The Morgan fingerprint density at radius 3 is 3.00 bits per heavy atom. The van der Waals surface area contributed by atoms with Crippen molar-refractivity contribution in [1.82, 2.24) is 19.6 Å². The van der Waals surface area contributed by atoms with Gasteiger partial charge in [0.05, 0.1) is 0 Å². The monoisotopic (exact) mass is 275 g/mol. The summed E-state index contributed by atoms with van der Waals surface area (Å²) in [7, 11) is 0. The highest BCUT2D eigenvalue weighted by atomic mass is 16.1. The molecule has 20 heavy (non-hydrogen) atoms. The van der Waals surface area contributed by atoms with Gasteiger partial charge in [0, 0.05) is 12.1 Å². The van der Waals surface area contributed by atoms with Crippen LogP contribution in [0.25, 0.3) is 5.65 Å². The number of hydrogen-bond acceptors (Lipinski definition) is 4. The van der Waals surface area contributed by atoms with Crippen molar-refractivity contribution in [2.45, 2.75) is 51.5 Å². The fourth-order valence-electron chi connectivity index (χ4n) is 3.17. The third-order valence-electron chi connectivity index (χ3n) is 4.30. The average Bonchev–Trinajstić information content (AvgIpc) is 2.86. The molecule has 1 unspecified atom stereocenters. The van der Waals surface area contributed by atoms with E-state index in [0.29, 0.717) is 11.7 Å². The van der Waals surface area contributed by atoms with E-state index < -0.39 is 0 Å². The second-order valence-electron chi connectivity index (χ2n) is 5.59. The molecule has 1 saturated carbocycles. The van der Waals surface area contributed by atoms with Gasteiger partial charge in [0.1, 0.15) is 12.1 Å². The van der Waals surface area contributed by atoms with Crippen molar-refractivity contribution in [1.29, 1.82) is 0 Å². The van der Waals surface area contributed by atoms with Gasteiger partial charge in [-0.25, -0.2) is 19.3 Å². The summed E-state index contributed by atoms with van der Waals surface area (Å²) in [5, 5.41) is 9.91. The standard InChI is InChI=1S/C14H21N5O/c1-2-11(10-6-4-3-5-7-10)16-12-8-13-17-18-14(20)19(13)9-15-12/h8-11,16H,2-7H2,1H3,(H,18,20). The lowest BCUT2D eigenvalue weighted by Crippen LogP contribution is -2.30. The molecule has 108 valence electrons. The van der Waals surface area contributed by atoms with E-state index >= 15 is 0 Å². The SMILES string of the molecule is CCC(Nc1cc2n[nH]c(=O)n2cn1)C1CCCCC1. The summed E-state index contributed by atoms with van der Waals surface area (Å²) >= 11 is 0. The molecule has 2 aromatic rings. The molecule has 0 bridgehead atoms. The third kappa shape index (κ3) is 2.55. The van der Waals surface area contributed by atoms with Crippen LogP contribution in [-0.4, -0.2) is 25.6 Å². The first-order valence-corrected chi connectivity index (χ1v) is 7.47. The molecule has 0 aromatic carbocycles. The Balaban J connectivity index is 1.77. The summed E-state index contributed by atoms with van der Waals surface area (Å²) < 4.78 is 1.41. The number of nitrogens with one attached hydrogen (secondary N) is 2. The molecule has 2 heterocycles. The summed E-state index contributed by atoms with van der Waals surface area (Å²) in [5.74, 6) is 1.53. The molecular formula is C14H21N5O. The van der Waals surface area contributed by atoms with Crippen LogP contribution in [0.15, 0.2) is 17.2 Å². The normalized spacial score (nSPS) is 18.2. The van der Waals surface area contributed by atoms with E-state index in [9.17, 15) is 4.79 Å². The molecule has 0 spiro atoms. The quantitative estimate of drug-likeness (QED) is 0.897. The molecule has 6 heteroatoms. The zero-order chi connectivity index (χ0) is 13.9. The van der Waals surface area contributed by atoms with Crippen LogP contribution in [-0.2, 0) is 0 Å². The number of H-pyrrole nitrogens is 1. The fourth-order valence-corrected chi connectivity index (χ4v) is 3.17. The summed E-state index contributed by atoms with van der Waals surface area (Å²) in [6, 6.07) is 2.28. The smallest absolute Gasteiger partial charge is 0.348 e. The molecule has 0 saturated heterocycles. The zero-order valence-electron chi connectivity index (χ0n) is 11.8. The van der Waals surface area contributed by atoms with Crippen LogP contribution in [0.4, 0.5) is 5.82 Å². The summed E-state index contributed by atoms with van der Waals surface area (Å²) in [6.07, 6.45) is 9.26. The number of aromatic amines is 1. The van der Waals surface area contributed by atoms with E-state index in [1.807, 2.05) is 6.07 Å². The maximum Gasteiger partial charge on any atom is 0.348 e. The molecule has 1 fully saturated rings. The van der Waals surface area contributed by atoms with Gasteiger partial charge in [0.25, 0.3) is 0 Å². The van der Waals surface area contributed by atoms with Gasteiger partial charge in [0.15, 0.2) is 5.65 Å². The molecule has 6 nitrogen and oxygen atoms in total. The Kier molecular flexibility index (Phi) is 3.71. The van der Waals surface area contributed by atoms with Gasteiger partial charge in [0.2, 0.25) is 0 Å². The maximum atomic E-state index is 11.4. The van der Waals surface area contributed by atoms with Gasteiger partial charge in [-0.2, -0.15) is 5.10 Å². The Morgan fingerprint density at radius 1 is 1.45 bits per heavy atom. The van der Waals surface area contributed by atoms with Crippen LogP contribution in [0, 0.1) is 5.92 Å². The van der Waals surface area contributed by atoms with Crippen molar-refractivity contribution >= 4 is 11.5 Å². The molecule has 2 N–H and O–H groups in total. The van der Waals surface area contributed by atoms with E-state index in [1.165, 1.54) is 42.8 Å². The summed E-state index contributed by atoms with van der Waals surface area (Å²) in [5.41, 5.74) is 0.351. The molecule has 0 aliphatic heterocycles. The van der Waals surface area contributed by atoms with Crippen molar-refractivity contribution in [2.75, 3.05) is 5.32 Å². The second-order valence-corrected chi connectivity index (χ2v) is 5.59. The van der Waals surface area contributed by atoms with Gasteiger partial charge < -0.3 is 5.32 Å². The lowest BCUT2D eigenvalue weighted by molar-refractivity contribution is 0.312. The average molecular weight is 275 g/mol. The van der Waals surface area contributed by atoms with Crippen LogP contribution >= 0.6 is 0 Å². The zero-order valence-corrected chi connectivity index (χ0v) is 11.8. The minimum absolute atomic E-state index is 0.252. The van der Waals surface area contributed by atoms with Gasteiger partial charge in [-0.1, -0.05) is 26.2 Å². The van der Waals surface area contributed by atoms with E-state index in [-0.39, 0.29) is 5.69 Å². The lowest BCUT2D eigenvalue weighted by Gasteiger charge is -2.30. The molecular weight excluding hydrogens is 254 g/mol. The number of aromatic nitrogens is 4. The predicted octanol–water partition coefficient (Wildman–Crippen LogP) is 2.19. The highest BCUT2D eigenvalue weighted by Gasteiger charge is 2.22. The van der Waals surface area contributed by atoms with Gasteiger partial charge >= 0.3 is 5.69 Å². The Labute approximate surface area is 117 Å². The van der Waals surface area contributed by atoms with Crippen LogP contribution in [0.1, 0.15) is 45.4 Å². The molecule has 0 radical (unpaired) electrons. The van der Waals surface area contributed by atoms with Crippen LogP contribution in [0.3, 0.4) is 0 Å². The van der Waals surface area contributed by atoms with E-state index in [2.05, 4.69) is 27.4 Å². The molecule has 0 amide bonds. The number of rotatable bonds is 4. The summed E-state index contributed by atoms with van der Waals surface area (Å²) in [4.78, 5) is 15.7. The molecule has 2 aromatic heterocycles. The molecule has 1 aliphatic carbocycles. The molecule has 3 rings (SSSR count). The number of fused-ring (bicyclic) bond motifs is 1. The number of nitrogens with zero attached hydrogens (tertiary/aromatic N) is 3. The van der Waals surface area contributed by atoms with Crippen molar-refractivity contribution in [3.05, 3.63) is 22.9 Å². The number of hydrogen-bond donors (Lipinski definition) is 2. The van der Waals surface area contributed by atoms with Crippen LogP contribution in [0.2, 0.25) is 0 Å². The largest absolute Gasteiger partial charge is 0.367 e. The Hall–Kier alpha value is -1.85. The minimum atomic E-state index is -0.252. The van der Waals surface area contributed by atoms with Crippen molar-refractivity contribution in [2.24, 2.45) is 5.92 Å². The second kappa shape index (κ2) is 5.64. The highest BCUT2D eigenvalue weighted by Crippen LogP contribution is 2.29. The molecule has 1 atom stereocenters. The van der Waals surface area contributed by atoms with Crippen molar-refractivity contribution in [3.63, 3.8) is 0 Å². The topological polar surface area (TPSA) is 75.1 Å².